The monoisotopic (exact) mass is 703 g/mol. The number of carboxylic acid groups (broad SMARTS) is 1. The summed E-state index contributed by atoms with van der Waals surface area (Å²) in [4.78, 5) is 72.7. The Morgan fingerprint density at radius 1 is 0.878 bits per heavy atom. The lowest BCUT2D eigenvalue weighted by molar-refractivity contribution is -0.142. The number of thioether (sulfide) groups is 1. The number of hydrogen-bond acceptors (Lipinski definition) is 8. The number of carbonyl (C=O) groups excluding carboxylic acids is 4. The minimum absolute atomic E-state index is 0.0199. The van der Waals surface area contributed by atoms with Crippen LogP contribution in [0.3, 0.4) is 0 Å². The van der Waals surface area contributed by atoms with E-state index >= 15 is 0 Å². The van der Waals surface area contributed by atoms with E-state index in [0.29, 0.717) is 25.1 Å². The van der Waals surface area contributed by atoms with E-state index in [4.69, 9.17) is 17.2 Å². The van der Waals surface area contributed by atoms with Gasteiger partial charge in [0.15, 0.2) is 5.96 Å². The van der Waals surface area contributed by atoms with Crippen molar-refractivity contribution < 1.29 is 29.1 Å². The SMILES string of the molecule is CSCC[C@H](NC(=O)[C@@H](NC(=O)[C@H](CC(C)C)NC(=O)[C@@H](N)CCCN=C(N)N)C(C)C)C(=O)N[C@@H](Cc1c[nH]c2ccccc12)C(=O)O. The molecule has 1 aromatic carbocycles. The fourth-order valence-electron chi connectivity index (χ4n) is 5.18. The van der Waals surface area contributed by atoms with Gasteiger partial charge in [0.05, 0.1) is 6.04 Å². The lowest BCUT2D eigenvalue weighted by atomic mass is 9.99. The van der Waals surface area contributed by atoms with Gasteiger partial charge in [-0.25, -0.2) is 4.79 Å². The zero-order chi connectivity index (χ0) is 36.7. The molecule has 2 aromatic rings. The van der Waals surface area contributed by atoms with Crippen molar-refractivity contribution in [3.63, 3.8) is 0 Å². The van der Waals surface area contributed by atoms with Crippen molar-refractivity contribution in [1.82, 2.24) is 26.3 Å². The van der Waals surface area contributed by atoms with Gasteiger partial charge in [0.25, 0.3) is 0 Å². The van der Waals surface area contributed by atoms with E-state index in [2.05, 4.69) is 31.2 Å². The highest BCUT2D eigenvalue weighted by molar-refractivity contribution is 7.98. The van der Waals surface area contributed by atoms with Crippen molar-refractivity contribution in [2.45, 2.75) is 90.0 Å². The summed E-state index contributed by atoms with van der Waals surface area (Å²) in [7, 11) is 0. The summed E-state index contributed by atoms with van der Waals surface area (Å²) in [5.41, 5.74) is 18.3. The maximum atomic E-state index is 13.6. The molecule has 0 radical (unpaired) electrons. The summed E-state index contributed by atoms with van der Waals surface area (Å²) < 4.78 is 0. The number of para-hydroxylation sites is 1. The van der Waals surface area contributed by atoms with Crippen LogP contribution in [0.1, 0.15) is 58.9 Å². The van der Waals surface area contributed by atoms with E-state index in [0.717, 1.165) is 16.5 Å². The molecule has 1 heterocycles. The fourth-order valence-corrected chi connectivity index (χ4v) is 5.65. The number of fused-ring (bicyclic) bond motifs is 1. The molecular weight excluding hydrogens is 650 g/mol. The highest BCUT2D eigenvalue weighted by atomic mass is 32.2. The van der Waals surface area contributed by atoms with E-state index in [-0.39, 0.29) is 31.1 Å². The predicted molar refractivity (Wildman–Crippen MR) is 193 cm³/mol. The number of aliphatic carboxylic acids is 1. The molecule has 0 aliphatic rings. The normalized spacial score (nSPS) is 14.4. The zero-order valence-corrected chi connectivity index (χ0v) is 29.8. The van der Waals surface area contributed by atoms with Crippen LogP contribution in [0.25, 0.3) is 10.9 Å². The molecule has 4 amide bonds. The maximum absolute atomic E-state index is 13.6. The molecule has 0 saturated heterocycles. The van der Waals surface area contributed by atoms with E-state index in [1.165, 1.54) is 11.8 Å². The van der Waals surface area contributed by atoms with Gasteiger partial charge >= 0.3 is 5.97 Å². The van der Waals surface area contributed by atoms with Crippen molar-refractivity contribution in [3.05, 3.63) is 36.0 Å². The van der Waals surface area contributed by atoms with Crippen molar-refractivity contribution in [2.24, 2.45) is 34.0 Å². The summed E-state index contributed by atoms with van der Waals surface area (Å²) in [5.74, 6) is -3.50. The van der Waals surface area contributed by atoms with Crippen LogP contribution < -0.4 is 38.5 Å². The zero-order valence-electron chi connectivity index (χ0n) is 29.0. The van der Waals surface area contributed by atoms with E-state index in [1.807, 2.05) is 44.4 Å². The van der Waals surface area contributed by atoms with E-state index in [1.54, 1.807) is 20.0 Å². The van der Waals surface area contributed by atoms with Crippen molar-refractivity contribution in [2.75, 3.05) is 18.6 Å². The average molecular weight is 704 g/mol. The van der Waals surface area contributed by atoms with Crippen molar-refractivity contribution in [3.8, 4) is 0 Å². The number of amides is 4. The Balaban J connectivity index is 2.15. The molecule has 0 saturated carbocycles. The van der Waals surface area contributed by atoms with Crippen LogP contribution in [0.4, 0.5) is 0 Å². The Kier molecular flexibility index (Phi) is 16.9. The minimum Gasteiger partial charge on any atom is -0.480 e. The Bertz CT molecular complexity index is 1440. The molecule has 1 aromatic heterocycles. The molecule has 0 spiro atoms. The number of benzene rings is 1. The average Bonchev–Trinajstić information content (AvgIpc) is 3.44. The van der Waals surface area contributed by atoms with E-state index < -0.39 is 65.7 Å². The molecule has 0 bridgehead atoms. The van der Waals surface area contributed by atoms with Gasteiger partial charge in [-0.2, -0.15) is 11.8 Å². The highest BCUT2D eigenvalue weighted by Gasteiger charge is 2.33. The second-order valence-electron chi connectivity index (χ2n) is 12.8. The van der Waals surface area contributed by atoms with Gasteiger partial charge < -0.3 is 48.6 Å². The Morgan fingerprint density at radius 2 is 1.51 bits per heavy atom. The largest absolute Gasteiger partial charge is 0.480 e. The highest BCUT2D eigenvalue weighted by Crippen LogP contribution is 2.19. The Hall–Kier alpha value is -4.31. The molecular formula is C33H53N9O6S. The minimum atomic E-state index is -1.25. The topological polar surface area (TPSA) is 260 Å². The number of nitrogens with one attached hydrogen (secondary N) is 5. The number of nitrogens with two attached hydrogens (primary N) is 3. The molecule has 0 unspecified atom stereocenters. The van der Waals surface area contributed by atoms with Gasteiger partial charge in [0, 0.05) is 30.1 Å². The van der Waals surface area contributed by atoms with Gasteiger partial charge in [0.2, 0.25) is 23.6 Å². The first kappa shape index (κ1) is 40.9. The van der Waals surface area contributed by atoms with Crippen LogP contribution in [0.15, 0.2) is 35.5 Å². The predicted octanol–water partition coefficient (Wildman–Crippen LogP) is 0.570. The summed E-state index contributed by atoms with van der Waals surface area (Å²) in [6.45, 7) is 7.58. The standard InChI is InChI=1S/C33H53N9O6S/c1-18(2)15-25(40-28(43)22(34)10-8-13-37-33(35)36)30(45)42-27(19(3)4)31(46)39-24(12-14-49-5)29(44)41-26(32(47)48)16-20-17-38-23-11-7-6-9-21(20)23/h6-7,9,11,17-19,22,24-27,38H,8,10,12-16,34H2,1-5H3,(H,39,46)(H,40,43)(H,41,44)(H,42,45)(H,47,48)(H4,35,36,37)/t22-,24-,25-,26-,27-/m0/s1. The Morgan fingerprint density at radius 3 is 2.12 bits per heavy atom. The Labute approximate surface area is 291 Å². The van der Waals surface area contributed by atoms with Crippen LogP contribution in [0, 0.1) is 11.8 Å². The lowest BCUT2D eigenvalue weighted by Gasteiger charge is -2.28. The summed E-state index contributed by atoms with van der Waals surface area (Å²) in [6, 6.07) is 2.21. The second kappa shape index (κ2) is 20.3. The number of aliphatic imine (C=N–C) groups is 1. The fraction of sp³-hybridized carbons (Fsp3) is 0.576. The van der Waals surface area contributed by atoms with Gasteiger partial charge in [-0.3, -0.25) is 24.2 Å². The van der Waals surface area contributed by atoms with Crippen molar-refractivity contribution >= 4 is 58.2 Å². The number of guanidine groups is 1. The molecule has 49 heavy (non-hydrogen) atoms. The van der Waals surface area contributed by atoms with Crippen LogP contribution in [0.5, 0.6) is 0 Å². The number of rotatable bonds is 21. The van der Waals surface area contributed by atoms with Gasteiger partial charge in [-0.05, 0) is 61.2 Å². The quantitative estimate of drug-likeness (QED) is 0.0496. The number of aromatic amines is 1. The lowest BCUT2D eigenvalue weighted by Crippen LogP contribution is -2.60. The summed E-state index contributed by atoms with van der Waals surface area (Å²) in [5, 5.41) is 21.6. The summed E-state index contributed by atoms with van der Waals surface area (Å²) in [6.07, 6.45) is 4.87. The van der Waals surface area contributed by atoms with Gasteiger partial charge in [0.1, 0.15) is 24.2 Å². The van der Waals surface area contributed by atoms with Crippen molar-refractivity contribution in [1.29, 1.82) is 0 Å². The number of hydrogen-bond donors (Lipinski definition) is 9. The van der Waals surface area contributed by atoms with Crippen LogP contribution >= 0.6 is 11.8 Å². The molecule has 5 atom stereocenters. The van der Waals surface area contributed by atoms with Crippen LogP contribution in [-0.4, -0.2) is 94.4 Å². The van der Waals surface area contributed by atoms with Crippen LogP contribution in [-0.2, 0) is 30.4 Å². The smallest absolute Gasteiger partial charge is 0.326 e. The summed E-state index contributed by atoms with van der Waals surface area (Å²) >= 11 is 1.47. The molecule has 2 rings (SSSR count). The number of carbonyl (C=O) groups is 5. The first-order valence-corrected chi connectivity index (χ1v) is 17.8. The second-order valence-corrected chi connectivity index (χ2v) is 13.8. The number of aromatic nitrogens is 1. The van der Waals surface area contributed by atoms with E-state index in [9.17, 15) is 29.1 Å². The molecule has 0 fully saturated rings. The first-order chi connectivity index (χ1) is 23.1. The third-order valence-electron chi connectivity index (χ3n) is 7.85. The number of nitrogens with zero attached hydrogens (tertiary/aromatic N) is 1. The van der Waals surface area contributed by atoms with Gasteiger partial charge in [-0.15, -0.1) is 0 Å². The third kappa shape index (κ3) is 13.6. The molecule has 0 aliphatic heterocycles. The first-order valence-electron chi connectivity index (χ1n) is 16.4. The third-order valence-corrected chi connectivity index (χ3v) is 8.49. The molecule has 272 valence electrons. The van der Waals surface area contributed by atoms with Gasteiger partial charge in [-0.1, -0.05) is 45.9 Å². The molecule has 16 heteroatoms. The van der Waals surface area contributed by atoms with Crippen LogP contribution in [0.2, 0.25) is 0 Å². The maximum Gasteiger partial charge on any atom is 0.326 e. The molecule has 15 nitrogen and oxygen atoms in total. The number of carboxylic acids is 1. The molecule has 0 aliphatic carbocycles. The molecule has 12 N–H and O–H groups in total. The number of H-pyrrole nitrogens is 1.